The topological polar surface area (TPSA) is 17.1 Å². The molecule has 0 saturated heterocycles. The molecule has 74 valence electrons. The Labute approximate surface area is 85.1 Å². The number of hydrogen-bond donors (Lipinski definition) is 0. The molecule has 0 amide bonds. The van der Waals surface area contributed by atoms with E-state index in [-0.39, 0.29) is 5.41 Å². The molecule has 0 heterocycles. The summed E-state index contributed by atoms with van der Waals surface area (Å²) in [5.74, 6) is 0.411. The monoisotopic (exact) mass is 188 g/mol. The lowest BCUT2D eigenvalue weighted by Crippen LogP contribution is -2.17. The van der Waals surface area contributed by atoms with Crippen molar-refractivity contribution >= 4 is 5.78 Å². The minimum Gasteiger partial charge on any atom is -0.300 e. The predicted octanol–water partition coefficient (Wildman–Crippen LogP) is 3.01. The van der Waals surface area contributed by atoms with E-state index in [1.54, 1.807) is 0 Å². The maximum Gasteiger partial charge on any atom is 0.133 e. The molecule has 0 bridgehead atoms. The van der Waals surface area contributed by atoms with Gasteiger partial charge >= 0.3 is 0 Å². The van der Waals surface area contributed by atoms with Gasteiger partial charge in [0.2, 0.25) is 0 Å². The van der Waals surface area contributed by atoms with Crippen molar-refractivity contribution in [3.05, 3.63) is 35.4 Å². The average Bonchev–Trinajstić information content (AvgIpc) is 2.48. The Hall–Kier alpha value is -1.11. The normalized spacial score (nSPS) is 26.9. The van der Waals surface area contributed by atoms with E-state index in [2.05, 4.69) is 38.1 Å². The van der Waals surface area contributed by atoms with Crippen molar-refractivity contribution in [1.29, 1.82) is 0 Å². The van der Waals surface area contributed by atoms with Gasteiger partial charge in [-0.2, -0.15) is 0 Å². The standard InChI is InChI=1S/C13H16O/c1-10-4-3-5-11(8-10)13(2)7-6-12(14)9-13/h3-5,8H,6-7,9H2,1-2H3/t13-/m1/s1. The molecule has 1 nitrogen and oxygen atoms in total. The van der Waals surface area contributed by atoms with E-state index < -0.39 is 0 Å². The molecule has 1 aliphatic rings. The summed E-state index contributed by atoms with van der Waals surface area (Å²) < 4.78 is 0. The van der Waals surface area contributed by atoms with Crippen LogP contribution in [-0.4, -0.2) is 5.78 Å². The first-order valence-corrected chi connectivity index (χ1v) is 5.19. The largest absolute Gasteiger partial charge is 0.300 e. The summed E-state index contributed by atoms with van der Waals surface area (Å²) in [5.41, 5.74) is 2.70. The zero-order chi connectivity index (χ0) is 10.2. The molecule has 0 spiro atoms. The number of aryl methyl sites for hydroxylation is 1. The summed E-state index contributed by atoms with van der Waals surface area (Å²) in [6.45, 7) is 4.30. The summed E-state index contributed by atoms with van der Waals surface area (Å²) in [7, 11) is 0. The first kappa shape index (κ1) is 9.45. The number of rotatable bonds is 1. The van der Waals surface area contributed by atoms with Crippen molar-refractivity contribution in [2.75, 3.05) is 0 Å². The fourth-order valence-corrected chi connectivity index (χ4v) is 2.29. The highest BCUT2D eigenvalue weighted by Gasteiger charge is 2.35. The lowest BCUT2D eigenvalue weighted by atomic mass is 9.80. The summed E-state index contributed by atoms with van der Waals surface area (Å²) >= 11 is 0. The van der Waals surface area contributed by atoms with Crippen LogP contribution < -0.4 is 0 Å². The van der Waals surface area contributed by atoms with Crippen molar-refractivity contribution in [3.63, 3.8) is 0 Å². The Bertz CT molecular complexity index is 367. The maximum atomic E-state index is 11.3. The van der Waals surface area contributed by atoms with Gasteiger partial charge in [0.15, 0.2) is 0 Å². The van der Waals surface area contributed by atoms with Gasteiger partial charge < -0.3 is 0 Å². The summed E-state index contributed by atoms with van der Waals surface area (Å²) in [6, 6.07) is 8.53. The van der Waals surface area contributed by atoms with Crippen LogP contribution in [0, 0.1) is 6.92 Å². The van der Waals surface area contributed by atoms with Gasteiger partial charge in [-0.3, -0.25) is 4.79 Å². The molecule has 1 aromatic carbocycles. The highest BCUT2D eigenvalue weighted by molar-refractivity contribution is 5.82. The second-order valence-electron chi connectivity index (χ2n) is 4.65. The van der Waals surface area contributed by atoms with Gasteiger partial charge in [0.25, 0.3) is 0 Å². The van der Waals surface area contributed by atoms with Crippen LogP contribution in [0.2, 0.25) is 0 Å². The number of benzene rings is 1. The summed E-state index contributed by atoms with van der Waals surface area (Å²) in [6.07, 6.45) is 2.48. The minimum absolute atomic E-state index is 0.100. The number of carbonyl (C=O) groups excluding carboxylic acids is 1. The first-order valence-electron chi connectivity index (χ1n) is 5.19. The smallest absolute Gasteiger partial charge is 0.133 e. The molecule has 0 aliphatic heterocycles. The van der Waals surface area contributed by atoms with Gasteiger partial charge in [0, 0.05) is 12.8 Å². The van der Waals surface area contributed by atoms with Gasteiger partial charge in [-0.1, -0.05) is 36.8 Å². The van der Waals surface area contributed by atoms with Crippen molar-refractivity contribution in [2.45, 2.75) is 38.5 Å². The molecule has 14 heavy (non-hydrogen) atoms. The Balaban J connectivity index is 2.34. The van der Waals surface area contributed by atoms with Gasteiger partial charge in [-0.05, 0) is 24.3 Å². The Morgan fingerprint density at radius 2 is 2.14 bits per heavy atom. The van der Waals surface area contributed by atoms with E-state index in [4.69, 9.17) is 0 Å². The second kappa shape index (κ2) is 3.23. The lowest BCUT2D eigenvalue weighted by Gasteiger charge is -2.23. The van der Waals surface area contributed by atoms with Crippen LogP contribution >= 0.6 is 0 Å². The molecule has 1 aromatic rings. The van der Waals surface area contributed by atoms with Gasteiger partial charge in [-0.25, -0.2) is 0 Å². The van der Waals surface area contributed by atoms with Crippen LogP contribution in [0.4, 0.5) is 0 Å². The second-order valence-corrected chi connectivity index (χ2v) is 4.65. The van der Waals surface area contributed by atoms with Crippen LogP contribution in [0.5, 0.6) is 0 Å². The summed E-state index contributed by atoms with van der Waals surface area (Å²) in [5, 5.41) is 0. The molecule has 0 unspecified atom stereocenters. The Morgan fingerprint density at radius 3 is 2.71 bits per heavy atom. The molecular formula is C13H16O. The van der Waals surface area contributed by atoms with Gasteiger partial charge in [0.1, 0.15) is 5.78 Å². The molecule has 0 aromatic heterocycles. The molecule has 1 heteroatoms. The maximum absolute atomic E-state index is 11.3. The molecule has 0 N–H and O–H groups in total. The fourth-order valence-electron chi connectivity index (χ4n) is 2.29. The fraction of sp³-hybridized carbons (Fsp3) is 0.462. The van der Waals surface area contributed by atoms with Crippen LogP contribution in [0.1, 0.15) is 37.3 Å². The molecular weight excluding hydrogens is 172 g/mol. The van der Waals surface area contributed by atoms with E-state index in [0.717, 1.165) is 19.3 Å². The third-order valence-electron chi connectivity index (χ3n) is 3.26. The molecule has 1 saturated carbocycles. The Morgan fingerprint density at radius 1 is 1.36 bits per heavy atom. The van der Waals surface area contributed by atoms with Crippen molar-refractivity contribution in [3.8, 4) is 0 Å². The van der Waals surface area contributed by atoms with Crippen molar-refractivity contribution in [2.24, 2.45) is 0 Å². The zero-order valence-corrected chi connectivity index (χ0v) is 8.84. The molecule has 1 atom stereocenters. The highest BCUT2D eigenvalue weighted by Crippen LogP contribution is 2.38. The molecule has 0 radical (unpaired) electrons. The van der Waals surface area contributed by atoms with Crippen LogP contribution in [-0.2, 0) is 10.2 Å². The third-order valence-corrected chi connectivity index (χ3v) is 3.26. The van der Waals surface area contributed by atoms with Crippen LogP contribution in [0.3, 0.4) is 0 Å². The summed E-state index contributed by atoms with van der Waals surface area (Å²) in [4.78, 5) is 11.3. The molecule has 1 fully saturated rings. The van der Waals surface area contributed by atoms with E-state index >= 15 is 0 Å². The highest BCUT2D eigenvalue weighted by atomic mass is 16.1. The number of Topliss-reactive ketones (excluding diaryl/α,β-unsaturated/α-hetero) is 1. The van der Waals surface area contributed by atoms with E-state index in [0.29, 0.717) is 5.78 Å². The van der Waals surface area contributed by atoms with Crippen molar-refractivity contribution in [1.82, 2.24) is 0 Å². The number of hydrogen-bond acceptors (Lipinski definition) is 1. The Kier molecular flexibility index (Phi) is 2.18. The average molecular weight is 188 g/mol. The van der Waals surface area contributed by atoms with Gasteiger partial charge in [-0.15, -0.1) is 0 Å². The third kappa shape index (κ3) is 1.59. The number of ketones is 1. The SMILES string of the molecule is Cc1cccc([C@]2(C)CCC(=O)C2)c1. The van der Waals surface area contributed by atoms with Crippen LogP contribution in [0.15, 0.2) is 24.3 Å². The first-order chi connectivity index (χ1) is 6.60. The predicted molar refractivity (Wildman–Crippen MR) is 57.4 cm³/mol. The van der Waals surface area contributed by atoms with E-state index in [1.807, 2.05) is 0 Å². The number of carbonyl (C=O) groups is 1. The van der Waals surface area contributed by atoms with Crippen LogP contribution in [0.25, 0.3) is 0 Å². The van der Waals surface area contributed by atoms with Gasteiger partial charge in [0.05, 0.1) is 0 Å². The molecule has 1 aliphatic carbocycles. The van der Waals surface area contributed by atoms with Crippen molar-refractivity contribution < 1.29 is 4.79 Å². The van der Waals surface area contributed by atoms with E-state index in [1.165, 1.54) is 11.1 Å². The molecule has 2 rings (SSSR count). The lowest BCUT2D eigenvalue weighted by molar-refractivity contribution is -0.117. The zero-order valence-electron chi connectivity index (χ0n) is 8.84. The van der Waals surface area contributed by atoms with E-state index in [9.17, 15) is 4.79 Å². The quantitative estimate of drug-likeness (QED) is 0.662. The minimum atomic E-state index is 0.100.